The first-order valence-corrected chi connectivity index (χ1v) is 13.4. The predicted octanol–water partition coefficient (Wildman–Crippen LogP) is 5.84. The molecule has 184 valence electrons. The maximum Gasteiger partial charge on any atom is 0.123 e. The Hall–Kier alpha value is -3.03. The van der Waals surface area contributed by atoms with Crippen molar-refractivity contribution in [2.24, 2.45) is 0 Å². The Morgan fingerprint density at radius 2 is 1.53 bits per heavy atom. The van der Waals surface area contributed by atoms with E-state index in [9.17, 15) is 9.50 Å². The molecule has 1 unspecified atom stereocenters. The molecule has 0 amide bonds. The van der Waals surface area contributed by atoms with E-state index in [0.29, 0.717) is 13.1 Å². The molecule has 1 saturated heterocycles. The van der Waals surface area contributed by atoms with Crippen LogP contribution in [0, 0.1) is 5.82 Å². The molecular weight excluding hydrogens is 469 g/mol. The van der Waals surface area contributed by atoms with Crippen LogP contribution in [-0.2, 0) is 13.1 Å². The molecule has 0 radical (unpaired) electrons. The van der Waals surface area contributed by atoms with Crippen molar-refractivity contribution in [3.63, 3.8) is 0 Å². The summed E-state index contributed by atoms with van der Waals surface area (Å²) in [6.07, 6.45) is -0.454. The number of hydrogen-bond donors (Lipinski definition) is 1. The summed E-state index contributed by atoms with van der Waals surface area (Å²) in [7, 11) is 0. The zero-order chi connectivity index (χ0) is 24.5. The number of para-hydroxylation sites is 1. The first-order chi connectivity index (χ1) is 17.6. The van der Waals surface area contributed by atoms with Gasteiger partial charge in [0.05, 0.1) is 12.6 Å². The molecule has 1 fully saturated rings. The van der Waals surface area contributed by atoms with Gasteiger partial charge in [-0.1, -0.05) is 42.5 Å². The maximum atomic E-state index is 13.2. The molecule has 1 aliphatic rings. The monoisotopic (exact) mass is 499 g/mol. The third-order valence-corrected chi connectivity index (χ3v) is 8.14. The van der Waals surface area contributed by atoms with Crippen LogP contribution < -0.4 is 0 Å². The summed E-state index contributed by atoms with van der Waals surface area (Å²) in [6.45, 7) is 5.82. The molecule has 1 atom stereocenters. The van der Waals surface area contributed by atoms with Gasteiger partial charge < -0.3 is 9.67 Å². The number of thiophene rings is 1. The average molecular weight is 500 g/mol. The minimum atomic E-state index is -0.454. The number of β-amino-alcohol motifs (C(OH)–C–C–N with tert-alkyl or cyclic N) is 1. The minimum Gasteiger partial charge on any atom is -0.390 e. The molecule has 6 heteroatoms. The lowest BCUT2D eigenvalue weighted by Crippen LogP contribution is -2.48. The van der Waals surface area contributed by atoms with Crippen LogP contribution >= 0.6 is 11.3 Å². The highest BCUT2D eigenvalue weighted by Gasteiger charge is 2.21. The van der Waals surface area contributed by atoms with Gasteiger partial charge in [0.2, 0.25) is 0 Å². The lowest BCUT2D eigenvalue weighted by molar-refractivity contribution is 0.0634. The molecule has 0 saturated carbocycles. The van der Waals surface area contributed by atoms with Crippen LogP contribution in [0.2, 0.25) is 0 Å². The smallest absolute Gasteiger partial charge is 0.123 e. The van der Waals surface area contributed by atoms with E-state index in [4.69, 9.17) is 0 Å². The summed E-state index contributed by atoms with van der Waals surface area (Å²) >= 11 is 1.76. The molecule has 0 aliphatic carbocycles. The highest BCUT2D eigenvalue weighted by atomic mass is 32.1. The Morgan fingerprint density at radius 1 is 0.778 bits per heavy atom. The Labute approximate surface area is 214 Å². The van der Waals surface area contributed by atoms with Crippen LogP contribution in [0.1, 0.15) is 5.56 Å². The van der Waals surface area contributed by atoms with E-state index in [0.717, 1.165) is 38.3 Å². The Bertz CT molecular complexity index is 1450. The fraction of sp³-hybridized carbons (Fsp3) is 0.267. The van der Waals surface area contributed by atoms with Crippen LogP contribution in [0.5, 0.6) is 0 Å². The van der Waals surface area contributed by atoms with E-state index in [-0.39, 0.29) is 5.82 Å². The second-order valence-corrected chi connectivity index (χ2v) is 10.6. The standard InChI is InChI=1S/C30H30FN3OS/c31-24-10-7-22(8-11-24)19-32-13-15-33(16-14-32)20-25(35)21-34-28-5-2-1-4-26(28)27-18-23(9-12-29(27)34)30-6-3-17-36-30/h1-12,17-18,25,35H,13-16,19-21H2. The van der Waals surface area contributed by atoms with Crippen LogP contribution in [0.25, 0.3) is 32.2 Å². The van der Waals surface area contributed by atoms with E-state index < -0.39 is 6.10 Å². The second kappa shape index (κ2) is 10.1. The summed E-state index contributed by atoms with van der Waals surface area (Å²) in [6, 6.07) is 26.2. The number of aliphatic hydroxyl groups excluding tert-OH is 1. The van der Waals surface area contributed by atoms with Crippen LogP contribution in [-0.4, -0.2) is 58.3 Å². The SMILES string of the molecule is OC(CN1CCN(Cc2ccc(F)cc2)CC1)Cn1c2ccccc2c2cc(-c3cccs3)ccc21. The van der Waals surface area contributed by atoms with E-state index in [1.54, 1.807) is 11.3 Å². The molecular formula is C30H30FN3OS. The fourth-order valence-electron chi connectivity index (χ4n) is 5.39. The number of benzene rings is 3. The molecule has 0 spiro atoms. The number of halogens is 1. The number of rotatable bonds is 7. The van der Waals surface area contributed by atoms with Gasteiger partial charge >= 0.3 is 0 Å². The van der Waals surface area contributed by atoms with Gasteiger partial charge in [0.1, 0.15) is 5.82 Å². The molecule has 5 aromatic rings. The number of aliphatic hydroxyl groups is 1. The first kappa shape index (κ1) is 23.4. The van der Waals surface area contributed by atoms with Crippen LogP contribution in [0.15, 0.2) is 84.2 Å². The molecule has 3 heterocycles. The molecule has 4 nitrogen and oxygen atoms in total. The van der Waals surface area contributed by atoms with Gasteiger partial charge in [-0.05, 0) is 52.9 Å². The van der Waals surface area contributed by atoms with Crippen LogP contribution in [0.3, 0.4) is 0 Å². The van der Waals surface area contributed by atoms with Gasteiger partial charge in [-0.3, -0.25) is 9.80 Å². The normalized spacial score (nSPS) is 16.2. The van der Waals surface area contributed by atoms with Gasteiger partial charge in [0.15, 0.2) is 0 Å². The number of hydrogen-bond acceptors (Lipinski definition) is 4. The van der Waals surface area contributed by atoms with Crippen molar-refractivity contribution >= 4 is 33.1 Å². The molecule has 3 aromatic carbocycles. The third kappa shape index (κ3) is 4.82. The summed E-state index contributed by atoms with van der Waals surface area (Å²) < 4.78 is 15.5. The molecule has 1 N–H and O–H groups in total. The Kier molecular flexibility index (Phi) is 6.59. The van der Waals surface area contributed by atoms with E-state index >= 15 is 0 Å². The van der Waals surface area contributed by atoms with Gasteiger partial charge in [-0.15, -0.1) is 11.3 Å². The fourth-order valence-corrected chi connectivity index (χ4v) is 6.11. The minimum absolute atomic E-state index is 0.191. The molecule has 6 rings (SSSR count). The van der Waals surface area contributed by atoms with Crippen molar-refractivity contribution in [2.75, 3.05) is 32.7 Å². The lowest BCUT2D eigenvalue weighted by atomic mass is 10.1. The third-order valence-electron chi connectivity index (χ3n) is 7.22. The summed E-state index contributed by atoms with van der Waals surface area (Å²) in [5, 5.41) is 15.7. The predicted molar refractivity (Wildman–Crippen MR) is 147 cm³/mol. The highest BCUT2D eigenvalue weighted by Crippen LogP contribution is 2.34. The highest BCUT2D eigenvalue weighted by molar-refractivity contribution is 7.13. The van der Waals surface area contributed by atoms with Crippen molar-refractivity contribution in [1.82, 2.24) is 14.4 Å². The average Bonchev–Trinajstić information content (AvgIpc) is 3.54. The second-order valence-electron chi connectivity index (χ2n) is 9.69. The van der Waals surface area contributed by atoms with Gasteiger partial charge in [-0.25, -0.2) is 4.39 Å². The lowest BCUT2D eigenvalue weighted by Gasteiger charge is -2.35. The van der Waals surface area contributed by atoms with Gasteiger partial charge in [0.25, 0.3) is 0 Å². The van der Waals surface area contributed by atoms with Crippen molar-refractivity contribution < 1.29 is 9.50 Å². The quantitative estimate of drug-likeness (QED) is 0.305. The van der Waals surface area contributed by atoms with E-state index in [1.165, 1.54) is 44.4 Å². The number of piperazine rings is 1. The van der Waals surface area contributed by atoms with Crippen molar-refractivity contribution in [1.29, 1.82) is 0 Å². The van der Waals surface area contributed by atoms with Gasteiger partial charge in [0, 0.05) is 66.0 Å². The topological polar surface area (TPSA) is 31.6 Å². The first-order valence-electron chi connectivity index (χ1n) is 12.6. The van der Waals surface area contributed by atoms with E-state index in [1.807, 2.05) is 12.1 Å². The Morgan fingerprint density at radius 3 is 2.31 bits per heavy atom. The molecule has 2 aromatic heterocycles. The van der Waals surface area contributed by atoms with E-state index in [2.05, 4.69) is 74.3 Å². The zero-order valence-corrected chi connectivity index (χ0v) is 21.0. The largest absolute Gasteiger partial charge is 0.390 e. The zero-order valence-electron chi connectivity index (χ0n) is 20.2. The summed E-state index contributed by atoms with van der Waals surface area (Å²) in [5.74, 6) is -0.191. The molecule has 0 bridgehead atoms. The van der Waals surface area contributed by atoms with Crippen LogP contribution in [0.4, 0.5) is 4.39 Å². The van der Waals surface area contributed by atoms with Crippen molar-refractivity contribution in [3.05, 3.63) is 95.6 Å². The maximum absolute atomic E-state index is 13.2. The van der Waals surface area contributed by atoms with Crippen molar-refractivity contribution in [3.8, 4) is 10.4 Å². The molecule has 36 heavy (non-hydrogen) atoms. The summed E-state index contributed by atoms with van der Waals surface area (Å²) in [4.78, 5) is 6.02. The summed E-state index contributed by atoms with van der Waals surface area (Å²) in [5.41, 5.74) is 4.71. The number of nitrogens with zero attached hydrogens (tertiary/aromatic N) is 3. The van der Waals surface area contributed by atoms with Gasteiger partial charge in [-0.2, -0.15) is 0 Å². The number of fused-ring (bicyclic) bond motifs is 3. The van der Waals surface area contributed by atoms with Crippen molar-refractivity contribution in [2.45, 2.75) is 19.2 Å². The number of aromatic nitrogens is 1. The Balaban J connectivity index is 1.14. The molecule has 1 aliphatic heterocycles.